The molecule has 0 bridgehead atoms. The van der Waals surface area contributed by atoms with Crippen molar-refractivity contribution in [3.63, 3.8) is 0 Å². The van der Waals surface area contributed by atoms with E-state index in [0.717, 1.165) is 17.4 Å². The van der Waals surface area contributed by atoms with Crippen molar-refractivity contribution in [3.8, 4) is 5.69 Å². The van der Waals surface area contributed by atoms with Gasteiger partial charge in [0.1, 0.15) is 17.0 Å². The number of halogens is 2. The topological polar surface area (TPSA) is 115 Å². The highest BCUT2D eigenvalue weighted by Gasteiger charge is 2.43. The largest absolute Gasteiger partial charge is 0.396 e. The lowest BCUT2D eigenvalue weighted by Crippen LogP contribution is -2.40. The van der Waals surface area contributed by atoms with Crippen molar-refractivity contribution >= 4 is 50.8 Å². The summed E-state index contributed by atoms with van der Waals surface area (Å²) in [6.45, 7) is 1.45. The molecule has 0 saturated heterocycles. The highest BCUT2D eigenvalue weighted by Crippen LogP contribution is 2.48. The third kappa shape index (κ3) is 4.63. The zero-order valence-electron chi connectivity index (χ0n) is 21.5. The normalized spacial score (nSPS) is 14.0. The monoisotopic (exact) mass is 644 g/mol. The van der Waals surface area contributed by atoms with Gasteiger partial charge in [-0.3, -0.25) is 28.1 Å². The Labute approximate surface area is 235 Å². The first-order valence-corrected chi connectivity index (χ1v) is 13.4. The van der Waals surface area contributed by atoms with Gasteiger partial charge in [0.05, 0.1) is 16.9 Å². The number of rotatable bonds is 7. The van der Waals surface area contributed by atoms with Crippen LogP contribution in [-0.4, -0.2) is 31.2 Å². The molecule has 1 aliphatic rings. The van der Waals surface area contributed by atoms with Gasteiger partial charge in [-0.1, -0.05) is 12.1 Å². The Hall–Kier alpha value is -3.58. The molecule has 0 radical (unpaired) electrons. The van der Waals surface area contributed by atoms with E-state index in [4.69, 9.17) is 0 Å². The van der Waals surface area contributed by atoms with Crippen molar-refractivity contribution in [1.29, 1.82) is 0 Å². The Kier molecular flexibility index (Phi) is 6.83. The molecule has 0 spiro atoms. The van der Waals surface area contributed by atoms with Crippen LogP contribution >= 0.6 is 22.6 Å². The van der Waals surface area contributed by atoms with E-state index in [9.17, 15) is 28.7 Å². The van der Waals surface area contributed by atoms with E-state index >= 15 is 0 Å². The number of aromatic nitrogens is 3. The number of carbonyl (C=O) groups excluding carboxylic acids is 1. The van der Waals surface area contributed by atoms with Gasteiger partial charge in [-0.05, 0) is 72.7 Å². The Morgan fingerprint density at radius 1 is 1.08 bits per heavy atom. The Bertz CT molecular complexity index is 1850. The van der Waals surface area contributed by atoms with Gasteiger partial charge in [-0.2, -0.15) is 0 Å². The van der Waals surface area contributed by atoms with Crippen molar-refractivity contribution in [1.82, 2.24) is 13.7 Å². The quantitative estimate of drug-likeness (QED) is 0.235. The number of aryl methyl sites for hydroxylation is 1. The maximum Gasteiger partial charge on any atom is 0.335 e. The van der Waals surface area contributed by atoms with Crippen LogP contribution in [0.2, 0.25) is 0 Å². The maximum atomic E-state index is 14.8. The average Bonchev–Trinajstić information content (AvgIpc) is 3.69. The molecule has 1 saturated carbocycles. The van der Waals surface area contributed by atoms with Crippen LogP contribution in [0.1, 0.15) is 35.2 Å². The number of hydrogen-bond acceptors (Lipinski definition) is 6. The van der Waals surface area contributed by atoms with Gasteiger partial charge in [0.2, 0.25) is 0 Å². The third-order valence-corrected chi connectivity index (χ3v) is 8.12. The third-order valence-electron chi connectivity index (χ3n) is 7.45. The molecule has 0 amide bonds. The summed E-state index contributed by atoms with van der Waals surface area (Å²) in [6.07, 6.45) is 1.74. The molecule has 1 fully saturated rings. The van der Waals surface area contributed by atoms with E-state index in [1.807, 2.05) is 22.6 Å². The Morgan fingerprint density at radius 3 is 2.44 bits per heavy atom. The number of fused-ring (bicyclic) bond motifs is 1. The molecule has 2 N–H and O–H groups in total. The van der Waals surface area contributed by atoms with E-state index in [0.29, 0.717) is 14.8 Å². The van der Waals surface area contributed by atoms with Gasteiger partial charge in [-0.15, -0.1) is 0 Å². The Morgan fingerprint density at radius 2 is 1.79 bits per heavy atom. The number of pyridine rings is 1. The summed E-state index contributed by atoms with van der Waals surface area (Å²) in [6, 6.07) is 10.9. The van der Waals surface area contributed by atoms with Gasteiger partial charge in [0.25, 0.3) is 11.1 Å². The van der Waals surface area contributed by atoms with Gasteiger partial charge >= 0.3 is 5.69 Å². The SMILES string of the molecule is Cc1c(=O)n(C)c(Nc2ccc(I)cc2F)c2c(=O)n(C)c(=O)n(-c3cccc(C(=O)CC4(CO)CC4)c3)c12. The van der Waals surface area contributed by atoms with Crippen LogP contribution in [0, 0.1) is 21.7 Å². The van der Waals surface area contributed by atoms with Crippen molar-refractivity contribution in [2.24, 2.45) is 19.5 Å². The molecule has 0 unspecified atom stereocenters. The molecule has 39 heavy (non-hydrogen) atoms. The zero-order chi connectivity index (χ0) is 28.2. The standard InChI is InChI=1S/C28H26FIN4O5/c1-15-23-22(24(32(2)25(15)37)31-20-8-7-17(30)12-19(20)29)26(38)33(3)27(39)34(23)18-6-4-5-16(11-18)21(36)13-28(14-35)9-10-28/h4-8,11-12,31,35H,9-10,13-14H2,1-3H3. The number of carbonyl (C=O) groups is 1. The van der Waals surface area contributed by atoms with Crippen LogP contribution in [-0.2, 0) is 14.1 Å². The van der Waals surface area contributed by atoms with Gasteiger partial charge in [0.15, 0.2) is 5.78 Å². The molecular formula is C28H26FIN4O5. The van der Waals surface area contributed by atoms with Crippen LogP contribution in [0.15, 0.2) is 56.8 Å². The second-order valence-corrected chi connectivity index (χ2v) is 11.3. The molecule has 11 heteroatoms. The number of nitrogens with zero attached hydrogens (tertiary/aromatic N) is 3. The molecule has 2 aromatic heterocycles. The molecule has 202 valence electrons. The highest BCUT2D eigenvalue weighted by molar-refractivity contribution is 14.1. The summed E-state index contributed by atoms with van der Waals surface area (Å²) in [5.41, 5.74) is -1.32. The summed E-state index contributed by atoms with van der Waals surface area (Å²) in [5, 5.41) is 12.6. The van der Waals surface area contributed by atoms with Crippen LogP contribution < -0.4 is 22.1 Å². The van der Waals surface area contributed by atoms with E-state index in [1.165, 1.54) is 42.3 Å². The number of benzene rings is 2. The maximum absolute atomic E-state index is 14.8. The minimum atomic E-state index is -0.700. The lowest BCUT2D eigenvalue weighted by molar-refractivity contribution is 0.0922. The number of ketones is 1. The van der Waals surface area contributed by atoms with E-state index < -0.39 is 22.6 Å². The molecule has 2 aromatic carbocycles. The van der Waals surface area contributed by atoms with E-state index in [2.05, 4.69) is 5.32 Å². The van der Waals surface area contributed by atoms with Gasteiger partial charge in [0, 0.05) is 47.2 Å². The van der Waals surface area contributed by atoms with Gasteiger partial charge in [-0.25, -0.2) is 9.18 Å². The summed E-state index contributed by atoms with van der Waals surface area (Å²) < 4.78 is 18.8. The van der Waals surface area contributed by atoms with Crippen molar-refractivity contribution < 1.29 is 14.3 Å². The number of hydrogen-bond donors (Lipinski definition) is 2. The fourth-order valence-corrected chi connectivity index (χ4v) is 5.29. The lowest BCUT2D eigenvalue weighted by atomic mass is 9.96. The molecular weight excluding hydrogens is 618 g/mol. The first-order valence-electron chi connectivity index (χ1n) is 12.3. The molecule has 4 aromatic rings. The first kappa shape index (κ1) is 27.0. The Balaban J connectivity index is 1.77. The van der Waals surface area contributed by atoms with Crippen molar-refractivity contribution in [2.45, 2.75) is 26.2 Å². The number of aliphatic hydroxyl groups is 1. The summed E-state index contributed by atoms with van der Waals surface area (Å²) >= 11 is 1.98. The van der Waals surface area contributed by atoms with Crippen LogP contribution in [0.25, 0.3) is 16.6 Å². The molecule has 2 heterocycles. The smallest absolute Gasteiger partial charge is 0.335 e. The second-order valence-electron chi connectivity index (χ2n) is 10.1. The van der Waals surface area contributed by atoms with Crippen LogP contribution in [0.5, 0.6) is 0 Å². The molecule has 1 aliphatic carbocycles. The van der Waals surface area contributed by atoms with Crippen molar-refractivity contribution in [3.05, 3.63) is 94.2 Å². The molecule has 0 aliphatic heterocycles. The summed E-state index contributed by atoms with van der Waals surface area (Å²) in [4.78, 5) is 53.3. The van der Waals surface area contributed by atoms with Crippen LogP contribution in [0.3, 0.4) is 0 Å². The number of nitrogens with one attached hydrogen (secondary N) is 1. The zero-order valence-corrected chi connectivity index (χ0v) is 23.7. The fourth-order valence-electron chi connectivity index (χ4n) is 4.84. The molecule has 9 nitrogen and oxygen atoms in total. The van der Waals surface area contributed by atoms with E-state index in [1.54, 1.807) is 30.3 Å². The number of Topliss-reactive ketones (excluding diaryl/α,β-unsaturated/α-hetero) is 1. The first-order chi connectivity index (χ1) is 18.5. The lowest BCUT2D eigenvalue weighted by Gasteiger charge is -2.20. The van der Waals surface area contributed by atoms with Crippen molar-refractivity contribution in [2.75, 3.05) is 11.9 Å². The molecule has 5 rings (SSSR count). The second kappa shape index (κ2) is 9.87. The summed E-state index contributed by atoms with van der Waals surface area (Å²) in [5.74, 6) is -0.716. The minimum Gasteiger partial charge on any atom is -0.396 e. The van der Waals surface area contributed by atoms with Crippen LogP contribution in [0.4, 0.5) is 15.9 Å². The van der Waals surface area contributed by atoms with E-state index in [-0.39, 0.29) is 52.2 Å². The molecule has 0 atom stereocenters. The summed E-state index contributed by atoms with van der Waals surface area (Å²) in [7, 11) is 2.79. The number of anilines is 2. The minimum absolute atomic E-state index is 0.0172. The van der Waals surface area contributed by atoms with Gasteiger partial charge < -0.3 is 10.4 Å². The highest BCUT2D eigenvalue weighted by atomic mass is 127. The number of aliphatic hydroxyl groups excluding tert-OH is 1. The average molecular weight is 644 g/mol. The fraction of sp³-hybridized carbons (Fsp3) is 0.286. The predicted molar refractivity (Wildman–Crippen MR) is 155 cm³/mol. The predicted octanol–water partition coefficient (Wildman–Crippen LogP) is 3.53.